The van der Waals surface area contributed by atoms with E-state index in [9.17, 15) is 14.4 Å². The van der Waals surface area contributed by atoms with Crippen LogP contribution in [0.2, 0.25) is 0 Å². The number of piperidine rings is 1. The van der Waals surface area contributed by atoms with Gasteiger partial charge in [-0.05, 0) is 56.7 Å². The Morgan fingerprint density at radius 3 is 2.50 bits per heavy atom. The number of amides is 2. The Kier molecular flexibility index (Phi) is 10.2. The van der Waals surface area contributed by atoms with Gasteiger partial charge in [0.1, 0.15) is 19.0 Å². The summed E-state index contributed by atoms with van der Waals surface area (Å²) >= 11 is 0. The molecule has 0 radical (unpaired) electrons. The van der Waals surface area contributed by atoms with Crippen molar-refractivity contribution in [2.24, 2.45) is 5.41 Å². The second-order valence-corrected chi connectivity index (χ2v) is 11.8. The fraction of sp³-hybridized carbons (Fsp3) is 0.500. The lowest BCUT2D eigenvalue weighted by Crippen LogP contribution is -2.47. The van der Waals surface area contributed by atoms with Gasteiger partial charge in [-0.25, -0.2) is 14.6 Å². The first-order chi connectivity index (χ1) is 21.4. The molecule has 0 spiro atoms. The molecule has 1 N–H and O–H groups in total. The Morgan fingerprint density at radius 2 is 1.80 bits per heavy atom. The maximum absolute atomic E-state index is 13.4. The average molecular weight is 600 g/mol. The van der Waals surface area contributed by atoms with Gasteiger partial charge in [-0.2, -0.15) is 0 Å². The van der Waals surface area contributed by atoms with Crippen molar-refractivity contribution in [1.82, 2.24) is 19.8 Å². The van der Waals surface area contributed by atoms with E-state index in [1.165, 1.54) is 6.42 Å². The molecule has 1 saturated heterocycles. The molecular formula is C34H41N5O5. The van der Waals surface area contributed by atoms with Gasteiger partial charge in [0.05, 0.1) is 29.6 Å². The number of imidazole rings is 1. The highest BCUT2D eigenvalue weighted by atomic mass is 16.6. The number of benzene rings is 2. The van der Waals surface area contributed by atoms with Crippen LogP contribution >= 0.6 is 0 Å². The number of hydrogen-bond donors (Lipinski definition) is 1. The minimum Gasteiger partial charge on any atom is -0.466 e. The lowest BCUT2D eigenvalue weighted by atomic mass is 9.74. The first-order valence-electron chi connectivity index (χ1n) is 15.7. The summed E-state index contributed by atoms with van der Waals surface area (Å²) in [6.45, 7) is 10.5. The predicted molar refractivity (Wildman–Crippen MR) is 166 cm³/mol. The van der Waals surface area contributed by atoms with Crippen LogP contribution in [0.4, 0.5) is 10.5 Å². The minimum absolute atomic E-state index is 0.0610. The van der Waals surface area contributed by atoms with E-state index in [0.29, 0.717) is 55.8 Å². The number of carbonyl (C=O) groups excluding carboxylic acids is 3. The van der Waals surface area contributed by atoms with E-state index < -0.39 is 11.5 Å². The monoisotopic (exact) mass is 599 g/mol. The van der Waals surface area contributed by atoms with Crippen molar-refractivity contribution in [1.29, 1.82) is 0 Å². The molecule has 1 saturated carbocycles. The number of likely N-dealkylation sites (tertiary alicyclic amines) is 1. The number of aryl methyl sites for hydroxylation is 1. The second kappa shape index (κ2) is 14.4. The number of ether oxygens (including phenoxy) is 2. The Labute approximate surface area is 258 Å². The molecule has 10 heteroatoms. The molecule has 3 aromatic rings. The Bertz CT molecular complexity index is 1500. The first kappa shape index (κ1) is 31.0. The molecular weight excluding hydrogens is 558 g/mol. The quantitative estimate of drug-likeness (QED) is 0.228. The zero-order valence-corrected chi connectivity index (χ0v) is 25.4. The normalized spacial score (nSPS) is 16.7. The third kappa shape index (κ3) is 7.39. The minimum atomic E-state index is -0.790. The van der Waals surface area contributed by atoms with E-state index >= 15 is 0 Å². The molecule has 2 amide bonds. The van der Waals surface area contributed by atoms with E-state index in [1.54, 1.807) is 24.0 Å². The Balaban J connectivity index is 1.30. The number of hydrogen-bond acceptors (Lipinski definition) is 6. The second-order valence-electron chi connectivity index (χ2n) is 11.8. The highest BCUT2D eigenvalue weighted by Crippen LogP contribution is 2.38. The van der Waals surface area contributed by atoms with Crippen molar-refractivity contribution in [2.75, 3.05) is 19.7 Å². The van der Waals surface area contributed by atoms with E-state index in [1.807, 2.05) is 41.0 Å². The van der Waals surface area contributed by atoms with Gasteiger partial charge in [0, 0.05) is 25.6 Å². The Morgan fingerprint density at radius 1 is 1.05 bits per heavy atom. The summed E-state index contributed by atoms with van der Waals surface area (Å²) in [4.78, 5) is 49.4. The van der Waals surface area contributed by atoms with Gasteiger partial charge in [0.2, 0.25) is 5.91 Å². The van der Waals surface area contributed by atoms with Crippen molar-refractivity contribution >= 4 is 34.7 Å². The third-order valence-corrected chi connectivity index (χ3v) is 8.93. The molecule has 2 aromatic carbocycles. The van der Waals surface area contributed by atoms with Crippen LogP contribution in [0.15, 0.2) is 48.5 Å². The van der Waals surface area contributed by atoms with Gasteiger partial charge in [0.15, 0.2) is 5.69 Å². The molecule has 0 unspecified atom stereocenters. The molecule has 0 bridgehead atoms. The van der Waals surface area contributed by atoms with E-state index in [4.69, 9.17) is 21.0 Å². The molecule has 2 heterocycles. The van der Waals surface area contributed by atoms with Gasteiger partial charge in [0.25, 0.3) is 0 Å². The van der Waals surface area contributed by atoms with Gasteiger partial charge in [-0.1, -0.05) is 55.7 Å². The average Bonchev–Trinajstić information content (AvgIpc) is 3.39. The Hall–Kier alpha value is -4.39. The molecule has 232 valence electrons. The van der Waals surface area contributed by atoms with Crippen molar-refractivity contribution < 1.29 is 23.9 Å². The smallest absolute Gasteiger partial charge is 0.410 e. The molecule has 44 heavy (non-hydrogen) atoms. The number of fused-ring (bicyclic) bond motifs is 1. The van der Waals surface area contributed by atoms with Crippen LogP contribution < -0.4 is 5.32 Å². The van der Waals surface area contributed by atoms with Gasteiger partial charge in [-0.3, -0.25) is 9.59 Å². The molecule has 1 aliphatic carbocycles. The third-order valence-electron chi connectivity index (χ3n) is 8.93. The van der Waals surface area contributed by atoms with Crippen LogP contribution in [0.3, 0.4) is 0 Å². The number of nitrogens with zero attached hydrogens (tertiary/aromatic N) is 4. The predicted octanol–water partition coefficient (Wildman–Crippen LogP) is 5.95. The van der Waals surface area contributed by atoms with Crippen molar-refractivity contribution in [3.8, 4) is 0 Å². The molecule has 5 rings (SSSR count). The van der Waals surface area contributed by atoms with Crippen LogP contribution in [0, 0.1) is 12.0 Å². The van der Waals surface area contributed by atoms with Gasteiger partial charge >= 0.3 is 12.1 Å². The molecule has 1 aliphatic heterocycles. The van der Waals surface area contributed by atoms with E-state index in [-0.39, 0.29) is 37.7 Å². The number of esters is 1. The fourth-order valence-corrected chi connectivity index (χ4v) is 6.39. The molecule has 10 nitrogen and oxygen atoms in total. The summed E-state index contributed by atoms with van der Waals surface area (Å²) in [5.74, 6) is 0.355. The number of carbonyl (C=O) groups is 3. The number of aromatic nitrogens is 2. The standard InChI is InChI=1S/C34H41N5O5/c1-3-43-32(41)34(18-20-38(21-19-34)33(42)44-24-25-10-6-4-7-11-25)17-16-30-37-28-22-27(35-2)14-15-29(28)39(30)23-31(40)36-26-12-8-5-9-13-26/h4,6-7,10-11,14-15,22,26H,3,5,8-9,12-13,16-21,23-24H2,1H3,(H,36,40). The van der Waals surface area contributed by atoms with Gasteiger partial charge in [-0.15, -0.1) is 0 Å². The summed E-state index contributed by atoms with van der Waals surface area (Å²) < 4.78 is 13.0. The van der Waals surface area contributed by atoms with Gasteiger partial charge < -0.3 is 24.3 Å². The summed E-state index contributed by atoms with van der Waals surface area (Å²) in [6, 6.07) is 15.0. The van der Waals surface area contributed by atoms with Crippen LogP contribution in [-0.4, -0.2) is 58.2 Å². The van der Waals surface area contributed by atoms with E-state index in [2.05, 4.69) is 10.2 Å². The number of nitrogens with one attached hydrogen (secondary N) is 1. The molecule has 2 fully saturated rings. The van der Waals surface area contributed by atoms with Crippen molar-refractivity contribution in [3.05, 3.63) is 71.3 Å². The highest BCUT2D eigenvalue weighted by Gasteiger charge is 2.44. The van der Waals surface area contributed by atoms with Crippen LogP contribution in [0.1, 0.15) is 69.7 Å². The van der Waals surface area contributed by atoms with Crippen molar-refractivity contribution in [2.45, 2.75) is 83.9 Å². The summed E-state index contributed by atoms with van der Waals surface area (Å²) in [6.07, 6.45) is 6.84. The lowest BCUT2D eigenvalue weighted by Gasteiger charge is -2.39. The van der Waals surface area contributed by atoms with Crippen LogP contribution in [-0.2, 0) is 38.6 Å². The largest absolute Gasteiger partial charge is 0.466 e. The van der Waals surface area contributed by atoms with Crippen LogP contribution in [0.5, 0.6) is 0 Å². The maximum atomic E-state index is 13.4. The highest BCUT2D eigenvalue weighted by molar-refractivity contribution is 5.84. The first-order valence-corrected chi connectivity index (χ1v) is 15.7. The maximum Gasteiger partial charge on any atom is 0.410 e. The zero-order chi connectivity index (χ0) is 30.9. The molecule has 0 atom stereocenters. The molecule has 2 aliphatic rings. The van der Waals surface area contributed by atoms with E-state index in [0.717, 1.165) is 36.8 Å². The SMILES string of the molecule is [C-]#[N+]c1ccc2c(c1)nc(CCC1(C(=O)OCC)CCN(C(=O)OCc3ccccc3)CC1)n2CC(=O)NC1CCCCC1. The molecule has 1 aromatic heterocycles. The summed E-state index contributed by atoms with van der Waals surface area (Å²) in [7, 11) is 0. The summed E-state index contributed by atoms with van der Waals surface area (Å²) in [5.41, 5.74) is 2.04. The van der Waals surface area contributed by atoms with Crippen molar-refractivity contribution in [3.63, 3.8) is 0 Å². The lowest BCUT2D eigenvalue weighted by molar-refractivity contribution is -0.159. The summed E-state index contributed by atoms with van der Waals surface area (Å²) in [5, 5.41) is 3.20. The topological polar surface area (TPSA) is 107 Å². The number of rotatable bonds is 10. The van der Waals surface area contributed by atoms with Crippen LogP contribution in [0.25, 0.3) is 15.9 Å². The zero-order valence-electron chi connectivity index (χ0n) is 25.4. The fourth-order valence-electron chi connectivity index (χ4n) is 6.39.